The number of rotatable bonds is 2. The van der Waals surface area contributed by atoms with Gasteiger partial charge < -0.3 is 5.32 Å². The van der Waals surface area contributed by atoms with Crippen molar-refractivity contribution < 1.29 is 10.1 Å². The minimum atomic E-state index is 0.226. The smallest absolute Gasteiger partial charge is 0.326 e. The van der Waals surface area contributed by atoms with Gasteiger partial charge in [0, 0.05) is 11.3 Å². The van der Waals surface area contributed by atoms with Crippen molar-refractivity contribution in [3.05, 3.63) is 0 Å². The van der Waals surface area contributed by atoms with Gasteiger partial charge in [0.2, 0.25) is 0 Å². The number of aliphatic imine (C=N–C) groups is 1. The van der Waals surface area contributed by atoms with Crippen LogP contribution in [0.3, 0.4) is 0 Å². The van der Waals surface area contributed by atoms with Gasteiger partial charge in [-0.1, -0.05) is 38.5 Å². The molecule has 1 radical (unpaired) electrons. The highest BCUT2D eigenvalue weighted by molar-refractivity contribution is 5.73. The maximum Gasteiger partial charge on any atom is 0.326 e. The van der Waals surface area contributed by atoms with Crippen LogP contribution in [-0.2, 0) is 10.1 Å². The molecular weight excluding hydrogens is 216 g/mol. The van der Waals surface area contributed by atoms with Crippen molar-refractivity contribution >= 4 is 6.02 Å². The topological polar surface area (TPSA) is 53.5 Å². The van der Waals surface area contributed by atoms with Crippen molar-refractivity contribution in [1.82, 2.24) is 5.32 Å². The van der Waals surface area contributed by atoms with E-state index in [0.717, 1.165) is 25.7 Å². The van der Waals surface area contributed by atoms with E-state index in [-0.39, 0.29) is 6.02 Å². The molecule has 0 aliphatic heterocycles. The van der Waals surface area contributed by atoms with Crippen LogP contribution in [0, 0.1) is 0 Å². The molecule has 0 atom stereocenters. The van der Waals surface area contributed by atoms with Gasteiger partial charge in [-0.3, -0.25) is 4.89 Å². The molecule has 2 fully saturated rings. The molecule has 2 saturated carbocycles. The third-order valence-corrected chi connectivity index (χ3v) is 3.89. The molecule has 0 heterocycles. The monoisotopic (exact) mass is 239 g/mol. The zero-order valence-electron chi connectivity index (χ0n) is 10.5. The molecule has 0 unspecified atom stereocenters. The van der Waals surface area contributed by atoms with E-state index in [1.165, 1.54) is 38.5 Å². The minimum absolute atomic E-state index is 0.226. The van der Waals surface area contributed by atoms with Crippen LogP contribution in [0.15, 0.2) is 4.99 Å². The van der Waals surface area contributed by atoms with Crippen LogP contribution in [0.5, 0.6) is 0 Å². The maximum absolute atomic E-state index is 10.7. The van der Waals surface area contributed by atoms with E-state index in [9.17, 15) is 5.26 Å². The van der Waals surface area contributed by atoms with Crippen molar-refractivity contribution in [3.8, 4) is 0 Å². The minimum Gasteiger partial charge on any atom is -0.335 e. The molecule has 17 heavy (non-hydrogen) atoms. The summed E-state index contributed by atoms with van der Waals surface area (Å²) in [6.07, 6.45) is 12.0. The van der Waals surface area contributed by atoms with Crippen molar-refractivity contribution in [1.29, 1.82) is 0 Å². The van der Waals surface area contributed by atoms with Gasteiger partial charge in [-0.15, -0.1) is 0 Å². The Kier molecular flexibility index (Phi) is 5.10. The Hall–Kier alpha value is -0.770. The molecule has 4 heteroatoms. The van der Waals surface area contributed by atoms with Crippen LogP contribution in [0.25, 0.3) is 0 Å². The Labute approximate surface area is 103 Å². The lowest BCUT2D eigenvalue weighted by Crippen LogP contribution is -2.38. The number of nitrogens with zero attached hydrogens (tertiary/aromatic N) is 1. The fourth-order valence-corrected chi connectivity index (χ4v) is 2.88. The first kappa shape index (κ1) is 12.7. The summed E-state index contributed by atoms with van der Waals surface area (Å²) in [4.78, 5) is 8.56. The predicted octanol–water partition coefficient (Wildman–Crippen LogP) is 2.96. The largest absolute Gasteiger partial charge is 0.335 e. The van der Waals surface area contributed by atoms with Gasteiger partial charge in [-0.05, 0) is 25.7 Å². The van der Waals surface area contributed by atoms with E-state index in [0.29, 0.717) is 12.1 Å². The first-order valence-electron chi connectivity index (χ1n) is 7.02. The number of nitrogens with one attached hydrogen (secondary N) is 1. The molecule has 2 rings (SSSR count). The van der Waals surface area contributed by atoms with Crippen molar-refractivity contribution in [3.63, 3.8) is 0 Å². The molecule has 0 amide bonds. The summed E-state index contributed by atoms with van der Waals surface area (Å²) in [6, 6.07) is 0.910. The first-order chi connectivity index (χ1) is 8.38. The Balaban J connectivity index is 1.83. The maximum atomic E-state index is 10.7. The lowest BCUT2D eigenvalue weighted by molar-refractivity contribution is -0.229. The van der Waals surface area contributed by atoms with E-state index in [2.05, 4.69) is 15.2 Å². The second kappa shape index (κ2) is 6.84. The fraction of sp³-hybridized carbons (Fsp3) is 0.923. The van der Waals surface area contributed by atoms with E-state index in [1.807, 2.05) is 0 Å². The van der Waals surface area contributed by atoms with Crippen molar-refractivity contribution in [2.75, 3.05) is 0 Å². The summed E-state index contributed by atoms with van der Waals surface area (Å²) in [5.74, 6) is 0. The fourth-order valence-electron chi connectivity index (χ4n) is 2.88. The SMILES string of the molecule is [O]O/C(=N\C1CCCCC1)NC1CCCCC1. The molecule has 0 aromatic rings. The van der Waals surface area contributed by atoms with Gasteiger partial charge in [-0.25, -0.2) is 4.99 Å². The van der Waals surface area contributed by atoms with Gasteiger partial charge in [0.1, 0.15) is 0 Å². The third-order valence-electron chi connectivity index (χ3n) is 3.89. The summed E-state index contributed by atoms with van der Waals surface area (Å²) >= 11 is 0. The highest BCUT2D eigenvalue weighted by Gasteiger charge is 2.18. The summed E-state index contributed by atoms with van der Waals surface area (Å²) in [7, 11) is 0. The second-order valence-electron chi connectivity index (χ2n) is 5.29. The van der Waals surface area contributed by atoms with E-state index in [1.54, 1.807) is 0 Å². The van der Waals surface area contributed by atoms with Gasteiger partial charge >= 0.3 is 6.02 Å². The zero-order chi connectivity index (χ0) is 11.9. The molecule has 97 valence electrons. The van der Waals surface area contributed by atoms with Crippen molar-refractivity contribution in [2.45, 2.75) is 76.3 Å². The van der Waals surface area contributed by atoms with E-state index < -0.39 is 0 Å². The third kappa shape index (κ3) is 4.19. The molecule has 2 aliphatic rings. The Bertz CT molecular complexity index is 244. The summed E-state index contributed by atoms with van der Waals surface area (Å²) in [5.41, 5.74) is 0. The molecule has 2 aliphatic carbocycles. The molecular formula is C13H23N2O2. The molecule has 0 aromatic heterocycles. The van der Waals surface area contributed by atoms with Crippen LogP contribution < -0.4 is 5.32 Å². The number of hydrogen-bond acceptors (Lipinski definition) is 2. The van der Waals surface area contributed by atoms with Gasteiger partial charge in [-0.2, -0.15) is 0 Å². The molecule has 0 saturated heterocycles. The average molecular weight is 239 g/mol. The van der Waals surface area contributed by atoms with Crippen LogP contribution >= 0.6 is 0 Å². The summed E-state index contributed by atoms with van der Waals surface area (Å²) < 4.78 is 0. The zero-order valence-corrected chi connectivity index (χ0v) is 10.5. The second-order valence-corrected chi connectivity index (χ2v) is 5.29. The quantitative estimate of drug-likeness (QED) is 0.348. The molecule has 4 nitrogen and oxygen atoms in total. The first-order valence-corrected chi connectivity index (χ1v) is 7.02. The lowest BCUT2D eigenvalue weighted by Gasteiger charge is -2.24. The van der Waals surface area contributed by atoms with Crippen molar-refractivity contribution in [2.24, 2.45) is 4.99 Å². The molecule has 0 aromatic carbocycles. The lowest BCUT2D eigenvalue weighted by atomic mass is 9.95. The Morgan fingerprint density at radius 3 is 2.12 bits per heavy atom. The number of amidine groups is 1. The van der Waals surface area contributed by atoms with Crippen LogP contribution in [-0.4, -0.2) is 18.1 Å². The molecule has 0 spiro atoms. The van der Waals surface area contributed by atoms with Crippen LogP contribution in [0.1, 0.15) is 64.2 Å². The molecule has 0 bridgehead atoms. The predicted molar refractivity (Wildman–Crippen MR) is 66.1 cm³/mol. The Morgan fingerprint density at radius 1 is 0.941 bits per heavy atom. The van der Waals surface area contributed by atoms with E-state index in [4.69, 9.17) is 0 Å². The Morgan fingerprint density at radius 2 is 1.53 bits per heavy atom. The van der Waals surface area contributed by atoms with Gasteiger partial charge in [0.15, 0.2) is 0 Å². The average Bonchev–Trinajstić information content (AvgIpc) is 2.40. The number of hydrogen-bond donors (Lipinski definition) is 1. The standard InChI is InChI=1S/C13H23N2O2/c16-17-13(14-11-7-3-1-4-8-11)15-12-9-5-2-6-10-12/h11-12H,1-10H2,(H,14,15). The van der Waals surface area contributed by atoms with Crippen LogP contribution in [0.2, 0.25) is 0 Å². The van der Waals surface area contributed by atoms with E-state index >= 15 is 0 Å². The summed E-state index contributed by atoms with van der Waals surface area (Å²) in [6.45, 7) is 0. The highest BCUT2D eigenvalue weighted by Crippen LogP contribution is 2.21. The van der Waals surface area contributed by atoms with Gasteiger partial charge in [0.05, 0.1) is 6.04 Å². The highest BCUT2D eigenvalue weighted by atomic mass is 17.1. The molecule has 1 N–H and O–H groups in total. The van der Waals surface area contributed by atoms with Gasteiger partial charge in [0.25, 0.3) is 0 Å². The normalized spacial score (nSPS) is 24.6. The van der Waals surface area contributed by atoms with Crippen LogP contribution in [0.4, 0.5) is 0 Å². The summed E-state index contributed by atoms with van der Waals surface area (Å²) in [5, 5.41) is 13.9.